The van der Waals surface area contributed by atoms with Gasteiger partial charge >= 0.3 is 0 Å². The highest BCUT2D eigenvalue weighted by molar-refractivity contribution is 7.99. The Morgan fingerprint density at radius 1 is 1.07 bits per heavy atom. The van der Waals surface area contributed by atoms with Gasteiger partial charge < -0.3 is 14.4 Å². The molecule has 0 aliphatic carbocycles. The monoisotopic (exact) mass is 398 g/mol. The number of aromatic nitrogens is 3. The van der Waals surface area contributed by atoms with Gasteiger partial charge in [0.2, 0.25) is 12.7 Å². The molecule has 3 aromatic rings. The summed E-state index contributed by atoms with van der Waals surface area (Å²) in [6.07, 6.45) is 4.63. The molecule has 1 aromatic carbocycles. The standard InChI is InChI=1S/C20H22N4O3S/c1-13-8-14-9-16-17(27-12-26-16)10-15(14)24-19(13)21-22-20(24)28-11-18(25)23-6-4-2-3-5-7-23/h8-10H,2-7,11-12H2,1H3. The molecule has 0 bridgehead atoms. The molecule has 1 fully saturated rings. The van der Waals surface area contributed by atoms with E-state index in [9.17, 15) is 4.79 Å². The summed E-state index contributed by atoms with van der Waals surface area (Å²) in [6.45, 7) is 3.99. The van der Waals surface area contributed by atoms with Gasteiger partial charge in [-0.25, -0.2) is 0 Å². The number of rotatable bonds is 3. The third-order valence-electron chi connectivity index (χ3n) is 5.40. The van der Waals surface area contributed by atoms with Gasteiger partial charge in [0, 0.05) is 24.5 Å². The summed E-state index contributed by atoms with van der Waals surface area (Å²) in [5.74, 6) is 2.03. The van der Waals surface area contributed by atoms with E-state index in [1.807, 2.05) is 28.4 Å². The topological polar surface area (TPSA) is 69.0 Å². The average molecular weight is 398 g/mol. The number of amides is 1. The molecule has 7 nitrogen and oxygen atoms in total. The van der Waals surface area contributed by atoms with Crippen LogP contribution in [0.4, 0.5) is 0 Å². The van der Waals surface area contributed by atoms with Gasteiger partial charge in [-0.3, -0.25) is 9.20 Å². The Hall–Kier alpha value is -2.48. The molecule has 1 amide bonds. The zero-order valence-corrected chi connectivity index (χ0v) is 16.6. The van der Waals surface area contributed by atoms with Crippen molar-refractivity contribution in [3.63, 3.8) is 0 Å². The van der Waals surface area contributed by atoms with Gasteiger partial charge in [0.25, 0.3) is 0 Å². The van der Waals surface area contributed by atoms with Gasteiger partial charge in [0.15, 0.2) is 22.3 Å². The quantitative estimate of drug-likeness (QED) is 0.630. The third kappa shape index (κ3) is 3.05. The average Bonchev–Trinajstić information content (AvgIpc) is 3.23. The highest BCUT2D eigenvalue weighted by Crippen LogP contribution is 2.37. The molecule has 0 N–H and O–H groups in total. The van der Waals surface area contributed by atoms with E-state index in [2.05, 4.69) is 16.3 Å². The van der Waals surface area contributed by atoms with E-state index in [0.717, 1.165) is 64.7 Å². The number of likely N-dealkylation sites (tertiary alicyclic amines) is 1. The van der Waals surface area contributed by atoms with Crippen LogP contribution in [0, 0.1) is 6.92 Å². The molecule has 0 spiro atoms. The summed E-state index contributed by atoms with van der Waals surface area (Å²) in [5.41, 5.74) is 2.79. The normalized spacial score (nSPS) is 16.7. The van der Waals surface area contributed by atoms with Gasteiger partial charge in [-0.1, -0.05) is 24.6 Å². The Balaban J connectivity index is 1.47. The summed E-state index contributed by atoms with van der Waals surface area (Å²) in [6, 6.07) is 6.03. The SMILES string of the molecule is Cc1cc2cc3c(cc2n2c(SCC(=O)N4CCCCCC4)nnc12)OCO3. The summed E-state index contributed by atoms with van der Waals surface area (Å²) in [4.78, 5) is 14.7. The van der Waals surface area contributed by atoms with Crippen molar-refractivity contribution in [2.45, 2.75) is 37.8 Å². The van der Waals surface area contributed by atoms with Gasteiger partial charge in [-0.05, 0) is 37.5 Å². The number of benzene rings is 1. The predicted molar refractivity (Wildman–Crippen MR) is 107 cm³/mol. The van der Waals surface area contributed by atoms with E-state index in [1.54, 1.807) is 0 Å². The van der Waals surface area contributed by atoms with Crippen LogP contribution in [-0.2, 0) is 4.79 Å². The maximum absolute atomic E-state index is 12.7. The Kier molecular flexibility index (Phi) is 4.50. The van der Waals surface area contributed by atoms with E-state index >= 15 is 0 Å². The zero-order valence-electron chi connectivity index (χ0n) is 15.8. The van der Waals surface area contributed by atoms with Crippen molar-refractivity contribution in [3.8, 4) is 11.5 Å². The van der Waals surface area contributed by atoms with E-state index < -0.39 is 0 Å². The fourth-order valence-corrected chi connectivity index (χ4v) is 4.78. The van der Waals surface area contributed by atoms with Crippen LogP contribution in [-0.4, -0.2) is 51.0 Å². The molecule has 1 saturated heterocycles. The third-order valence-corrected chi connectivity index (χ3v) is 6.32. The predicted octanol–water partition coefficient (Wildman–Crippen LogP) is 3.41. The van der Waals surface area contributed by atoms with Crippen LogP contribution in [0.3, 0.4) is 0 Å². The van der Waals surface area contributed by atoms with Crippen molar-refractivity contribution >= 4 is 34.2 Å². The highest BCUT2D eigenvalue weighted by Gasteiger charge is 2.20. The van der Waals surface area contributed by atoms with Crippen molar-refractivity contribution < 1.29 is 14.3 Å². The Bertz CT molecular complexity index is 1060. The van der Waals surface area contributed by atoms with Crippen LogP contribution < -0.4 is 9.47 Å². The van der Waals surface area contributed by atoms with Crippen LogP contribution in [0.15, 0.2) is 23.4 Å². The molecule has 4 heterocycles. The minimum Gasteiger partial charge on any atom is -0.454 e. The van der Waals surface area contributed by atoms with Gasteiger partial charge in [0.1, 0.15) is 0 Å². The van der Waals surface area contributed by atoms with Crippen molar-refractivity contribution in [3.05, 3.63) is 23.8 Å². The summed E-state index contributed by atoms with van der Waals surface area (Å²) in [5, 5.41) is 10.5. The van der Waals surface area contributed by atoms with Crippen LogP contribution >= 0.6 is 11.8 Å². The largest absolute Gasteiger partial charge is 0.454 e. The van der Waals surface area contributed by atoms with Crippen molar-refractivity contribution in [2.75, 3.05) is 25.6 Å². The van der Waals surface area contributed by atoms with Crippen LogP contribution in [0.5, 0.6) is 11.5 Å². The number of hydrogen-bond donors (Lipinski definition) is 0. The number of thioether (sulfide) groups is 1. The van der Waals surface area contributed by atoms with Crippen LogP contribution in [0.25, 0.3) is 16.6 Å². The maximum Gasteiger partial charge on any atom is 0.233 e. The summed E-state index contributed by atoms with van der Waals surface area (Å²) in [7, 11) is 0. The number of aryl methyl sites for hydroxylation is 1. The molecule has 0 radical (unpaired) electrons. The lowest BCUT2D eigenvalue weighted by atomic mass is 10.1. The molecule has 2 aromatic heterocycles. The minimum absolute atomic E-state index is 0.179. The molecule has 0 atom stereocenters. The molecular formula is C20H22N4O3S. The van der Waals surface area contributed by atoms with Crippen LogP contribution in [0.1, 0.15) is 31.2 Å². The molecule has 28 heavy (non-hydrogen) atoms. The Morgan fingerprint density at radius 3 is 2.61 bits per heavy atom. The second-order valence-corrected chi connectivity index (χ2v) is 8.26. The Labute approximate surface area is 167 Å². The lowest BCUT2D eigenvalue weighted by Crippen LogP contribution is -2.33. The Morgan fingerprint density at radius 2 is 1.82 bits per heavy atom. The van der Waals surface area contributed by atoms with Gasteiger partial charge in [-0.15, -0.1) is 10.2 Å². The first-order valence-electron chi connectivity index (χ1n) is 9.69. The smallest absolute Gasteiger partial charge is 0.233 e. The maximum atomic E-state index is 12.7. The molecular weight excluding hydrogens is 376 g/mol. The molecule has 2 aliphatic rings. The van der Waals surface area contributed by atoms with Crippen molar-refractivity contribution in [1.29, 1.82) is 0 Å². The van der Waals surface area contributed by atoms with E-state index in [0.29, 0.717) is 5.75 Å². The van der Waals surface area contributed by atoms with Crippen LogP contribution in [0.2, 0.25) is 0 Å². The molecule has 0 unspecified atom stereocenters. The fourth-order valence-electron chi connectivity index (χ4n) is 3.93. The number of nitrogens with zero attached hydrogens (tertiary/aromatic N) is 4. The minimum atomic E-state index is 0.179. The number of carbonyl (C=O) groups is 1. The second kappa shape index (κ2) is 7.16. The molecule has 8 heteroatoms. The fraction of sp³-hybridized carbons (Fsp3) is 0.450. The van der Waals surface area contributed by atoms with E-state index in [-0.39, 0.29) is 12.7 Å². The summed E-state index contributed by atoms with van der Waals surface area (Å²) >= 11 is 1.45. The molecule has 146 valence electrons. The first-order valence-corrected chi connectivity index (χ1v) is 10.7. The molecule has 5 rings (SSSR count). The lowest BCUT2D eigenvalue weighted by molar-refractivity contribution is -0.128. The number of fused-ring (bicyclic) bond motifs is 4. The number of pyridine rings is 1. The first kappa shape index (κ1) is 17.6. The van der Waals surface area contributed by atoms with Gasteiger partial charge in [-0.2, -0.15) is 0 Å². The van der Waals surface area contributed by atoms with Gasteiger partial charge in [0.05, 0.1) is 11.3 Å². The number of carbonyl (C=O) groups excluding carboxylic acids is 1. The van der Waals surface area contributed by atoms with E-state index in [4.69, 9.17) is 9.47 Å². The first-order chi connectivity index (χ1) is 13.7. The zero-order chi connectivity index (χ0) is 19.1. The van der Waals surface area contributed by atoms with E-state index in [1.165, 1.54) is 24.6 Å². The lowest BCUT2D eigenvalue weighted by Gasteiger charge is -2.19. The summed E-state index contributed by atoms with van der Waals surface area (Å²) < 4.78 is 13.1. The molecule has 0 saturated carbocycles. The van der Waals surface area contributed by atoms with Crippen molar-refractivity contribution in [2.24, 2.45) is 0 Å². The number of hydrogen-bond acceptors (Lipinski definition) is 6. The number of ether oxygens (including phenoxy) is 2. The second-order valence-electron chi connectivity index (χ2n) is 7.32. The van der Waals surface area contributed by atoms with Crippen molar-refractivity contribution in [1.82, 2.24) is 19.5 Å². The highest BCUT2D eigenvalue weighted by atomic mass is 32.2. The molecule has 2 aliphatic heterocycles.